The number of methoxy groups -OCH3 is 1. The predicted molar refractivity (Wildman–Crippen MR) is 61.3 cm³/mol. The predicted octanol–water partition coefficient (Wildman–Crippen LogP) is 2.30. The minimum absolute atomic E-state index is 0.647. The summed E-state index contributed by atoms with van der Waals surface area (Å²) in [7, 11) is 3.93. The molecule has 2 heteroatoms. The van der Waals surface area contributed by atoms with E-state index in [1.54, 1.807) is 7.11 Å². The van der Waals surface area contributed by atoms with Crippen LogP contribution in [0.5, 0.6) is 5.75 Å². The van der Waals surface area contributed by atoms with E-state index in [1.165, 1.54) is 31.5 Å². The van der Waals surface area contributed by atoms with Crippen LogP contribution >= 0.6 is 0 Å². The van der Waals surface area contributed by atoms with Gasteiger partial charge in [-0.3, -0.25) is 0 Å². The van der Waals surface area contributed by atoms with Gasteiger partial charge >= 0.3 is 0 Å². The number of benzene rings is 1. The number of likely N-dealkylation sites (tertiary alicyclic amines) is 1. The third-order valence-electron chi connectivity index (χ3n) is 3.23. The molecule has 1 fully saturated rings. The summed E-state index contributed by atoms with van der Waals surface area (Å²) in [5, 5.41) is 0. The molecule has 0 saturated carbocycles. The zero-order valence-corrected chi connectivity index (χ0v) is 9.49. The van der Waals surface area contributed by atoms with E-state index in [1.807, 2.05) is 12.1 Å². The first-order valence-electron chi connectivity index (χ1n) is 5.54. The smallest absolute Gasteiger partial charge is 0.122 e. The number of hydrogen-bond acceptors (Lipinski definition) is 2. The number of rotatable bonds is 2. The van der Waals surface area contributed by atoms with Gasteiger partial charge in [-0.25, -0.2) is 0 Å². The van der Waals surface area contributed by atoms with Crippen LogP contribution in [0.2, 0.25) is 0 Å². The van der Waals surface area contributed by atoms with Crippen LogP contribution in [0, 0.1) is 6.07 Å². The molecule has 15 heavy (non-hydrogen) atoms. The Morgan fingerprint density at radius 1 is 1.40 bits per heavy atom. The highest BCUT2D eigenvalue weighted by molar-refractivity contribution is 5.36. The average molecular weight is 204 g/mol. The summed E-state index contributed by atoms with van der Waals surface area (Å²) >= 11 is 0. The SMILES string of the molecule is COc1cc[c]cc1C1CCN(C)CC1. The molecule has 1 radical (unpaired) electrons. The van der Waals surface area contributed by atoms with E-state index in [9.17, 15) is 0 Å². The van der Waals surface area contributed by atoms with Crippen LogP contribution < -0.4 is 4.74 Å². The van der Waals surface area contributed by atoms with E-state index in [-0.39, 0.29) is 0 Å². The first-order valence-corrected chi connectivity index (χ1v) is 5.54. The maximum atomic E-state index is 5.39. The lowest BCUT2D eigenvalue weighted by Crippen LogP contribution is -2.29. The van der Waals surface area contributed by atoms with Gasteiger partial charge in [0, 0.05) is 0 Å². The fourth-order valence-corrected chi connectivity index (χ4v) is 2.25. The van der Waals surface area contributed by atoms with Crippen LogP contribution in [0.25, 0.3) is 0 Å². The van der Waals surface area contributed by atoms with Gasteiger partial charge in [0.1, 0.15) is 5.75 Å². The highest BCUT2D eigenvalue weighted by Crippen LogP contribution is 2.33. The van der Waals surface area contributed by atoms with Gasteiger partial charge in [0.15, 0.2) is 0 Å². The fraction of sp³-hybridized carbons (Fsp3) is 0.538. The van der Waals surface area contributed by atoms with Crippen LogP contribution in [0.4, 0.5) is 0 Å². The quantitative estimate of drug-likeness (QED) is 0.733. The van der Waals surface area contributed by atoms with Crippen LogP contribution in [0.3, 0.4) is 0 Å². The third kappa shape index (κ3) is 2.32. The van der Waals surface area contributed by atoms with Crippen LogP contribution in [-0.4, -0.2) is 32.1 Å². The number of hydrogen-bond donors (Lipinski definition) is 0. The largest absolute Gasteiger partial charge is 0.496 e. The Balaban J connectivity index is 2.15. The van der Waals surface area contributed by atoms with E-state index >= 15 is 0 Å². The molecule has 0 unspecified atom stereocenters. The van der Waals surface area contributed by atoms with Gasteiger partial charge in [0.25, 0.3) is 0 Å². The van der Waals surface area contributed by atoms with Gasteiger partial charge in [-0.15, -0.1) is 0 Å². The zero-order chi connectivity index (χ0) is 10.7. The minimum atomic E-state index is 0.647. The molecule has 2 nitrogen and oxygen atoms in total. The molecule has 0 atom stereocenters. The molecule has 81 valence electrons. The van der Waals surface area contributed by atoms with Gasteiger partial charge in [0.2, 0.25) is 0 Å². The molecule has 0 spiro atoms. The number of ether oxygens (including phenoxy) is 1. The molecule has 1 aromatic rings. The maximum Gasteiger partial charge on any atom is 0.122 e. The molecular weight excluding hydrogens is 186 g/mol. The van der Waals surface area contributed by atoms with E-state index in [0.717, 1.165) is 5.75 Å². The summed E-state index contributed by atoms with van der Waals surface area (Å²) in [6.45, 7) is 2.37. The summed E-state index contributed by atoms with van der Waals surface area (Å²) < 4.78 is 5.39. The second kappa shape index (κ2) is 4.67. The van der Waals surface area contributed by atoms with Gasteiger partial charge in [-0.05, 0) is 62.7 Å². The third-order valence-corrected chi connectivity index (χ3v) is 3.23. The van der Waals surface area contributed by atoms with Crippen molar-refractivity contribution in [3.05, 3.63) is 29.8 Å². The summed E-state index contributed by atoms with van der Waals surface area (Å²) in [6.07, 6.45) is 2.45. The Labute approximate surface area is 91.9 Å². The van der Waals surface area contributed by atoms with E-state index < -0.39 is 0 Å². The van der Waals surface area contributed by atoms with Crippen LogP contribution in [-0.2, 0) is 0 Å². The molecular formula is C13H18NO. The molecule has 0 aromatic heterocycles. The Hall–Kier alpha value is -1.02. The molecule has 0 aliphatic carbocycles. The normalized spacial score (nSPS) is 19.1. The van der Waals surface area contributed by atoms with Crippen molar-refractivity contribution in [3.8, 4) is 5.75 Å². The van der Waals surface area contributed by atoms with Crippen molar-refractivity contribution in [2.45, 2.75) is 18.8 Å². The van der Waals surface area contributed by atoms with Gasteiger partial charge in [-0.1, -0.05) is 6.07 Å². The number of nitrogens with zero attached hydrogens (tertiary/aromatic N) is 1. The highest BCUT2D eigenvalue weighted by Gasteiger charge is 2.20. The van der Waals surface area contributed by atoms with Gasteiger partial charge < -0.3 is 9.64 Å². The fourth-order valence-electron chi connectivity index (χ4n) is 2.25. The molecule has 1 aliphatic heterocycles. The molecule has 1 heterocycles. The van der Waals surface area contributed by atoms with Crippen LogP contribution in [0.15, 0.2) is 18.2 Å². The van der Waals surface area contributed by atoms with Crippen molar-refractivity contribution in [3.63, 3.8) is 0 Å². The summed E-state index contributed by atoms with van der Waals surface area (Å²) in [5.74, 6) is 1.66. The van der Waals surface area contributed by atoms with Crippen molar-refractivity contribution in [1.29, 1.82) is 0 Å². The molecule has 0 N–H and O–H groups in total. The first kappa shape index (κ1) is 10.5. The lowest BCUT2D eigenvalue weighted by atomic mass is 9.89. The Kier molecular flexibility index (Phi) is 3.27. The topological polar surface area (TPSA) is 12.5 Å². The molecule has 1 aromatic carbocycles. The van der Waals surface area contributed by atoms with Crippen LogP contribution in [0.1, 0.15) is 24.3 Å². The molecule has 2 rings (SSSR count). The Morgan fingerprint density at radius 3 is 2.80 bits per heavy atom. The van der Waals surface area contributed by atoms with Gasteiger partial charge in [-0.2, -0.15) is 0 Å². The monoisotopic (exact) mass is 204 g/mol. The zero-order valence-electron chi connectivity index (χ0n) is 9.49. The first-order chi connectivity index (χ1) is 7.31. The lowest BCUT2D eigenvalue weighted by molar-refractivity contribution is 0.252. The maximum absolute atomic E-state index is 5.39. The second-order valence-corrected chi connectivity index (χ2v) is 4.25. The molecule has 1 saturated heterocycles. The van der Waals surface area contributed by atoms with Crippen molar-refractivity contribution < 1.29 is 4.74 Å². The molecule has 1 aliphatic rings. The highest BCUT2D eigenvalue weighted by atomic mass is 16.5. The molecule has 0 amide bonds. The van der Waals surface area contributed by atoms with Crippen molar-refractivity contribution in [2.75, 3.05) is 27.2 Å². The van der Waals surface area contributed by atoms with E-state index in [0.29, 0.717) is 5.92 Å². The second-order valence-electron chi connectivity index (χ2n) is 4.25. The van der Waals surface area contributed by atoms with Crippen molar-refractivity contribution in [2.24, 2.45) is 0 Å². The number of piperidine rings is 1. The summed E-state index contributed by atoms with van der Waals surface area (Å²) in [6, 6.07) is 9.15. The molecule has 0 bridgehead atoms. The van der Waals surface area contributed by atoms with Crippen molar-refractivity contribution in [1.82, 2.24) is 4.90 Å². The summed E-state index contributed by atoms with van der Waals surface area (Å²) in [5.41, 5.74) is 1.33. The Morgan fingerprint density at radius 2 is 2.13 bits per heavy atom. The van der Waals surface area contributed by atoms with Gasteiger partial charge in [0.05, 0.1) is 7.11 Å². The standard InChI is InChI=1S/C13H18NO/c1-14-9-7-11(8-10-14)12-5-3-4-6-13(12)15-2/h4-6,11H,7-10H2,1-2H3. The summed E-state index contributed by atoms with van der Waals surface area (Å²) in [4.78, 5) is 2.38. The minimum Gasteiger partial charge on any atom is -0.496 e. The van der Waals surface area contributed by atoms with E-state index in [2.05, 4.69) is 24.1 Å². The van der Waals surface area contributed by atoms with Crippen molar-refractivity contribution >= 4 is 0 Å². The Bertz CT molecular complexity index is 316. The van der Waals surface area contributed by atoms with E-state index in [4.69, 9.17) is 4.74 Å². The average Bonchev–Trinajstić information content (AvgIpc) is 2.30. The lowest BCUT2D eigenvalue weighted by Gasteiger charge is -2.29.